The maximum absolute atomic E-state index is 7.46. The fraction of sp³-hybridized carbons (Fsp3) is 0.368. The van der Waals surface area contributed by atoms with Crippen LogP contribution in [0, 0.1) is 5.92 Å². The van der Waals surface area contributed by atoms with Crippen molar-refractivity contribution < 1.29 is 42.6 Å². The van der Waals surface area contributed by atoms with Gasteiger partial charge in [-0.25, -0.2) is 0 Å². The highest BCUT2D eigenvalue weighted by Crippen LogP contribution is 2.39. The number of benzene rings is 6. The molecule has 2 fully saturated rings. The third-order valence-corrected chi connectivity index (χ3v) is 13.3. The SMILES string of the molecule is CCS[C@H]1O[C@H](COCc2ccccc2)[C@@H](O[C@@H]2OC(COCc3ccccc3)[C@H](OCc3ccccc3)[C@H](OCc3ccccc3)C2OCc2ccccc2)C(OCc2ccccc2)C1C. The zero-order valence-corrected chi connectivity index (χ0v) is 39.4. The molecule has 0 aromatic heterocycles. The molecule has 0 amide bonds. The van der Waals surface area contributed by atoms with Crippen LogP contribution in [0.5, 0.6) is 0 Å². The molecule has 0 aliphatic carbocycles. The first-order chi connectivity index (χ1) is 33.1. The van der Waals surface area contributed by atoms with E-state index in [1.165, 1.54) is 0 Å². The molecule has 6 aromatic carbocycles. The molecule has 10 heteroatoms. The number of hydrogen-bond donors (Lipinski definition) is 0. The molecule has 0 N–H and O–H groups in total. The predicted molar refractivity (Wildman–Crippen MR) is 262 cm³/mol. The number of thioether (sulfide) groups is 1. The van der Waals surface area contributed by atoms with Crippen molar-refractivity contribution in [1.82, 2.24) is 0 Å². The Kier molecular flexibility index (Phi) is 19.0. The van der Waals surface area contributed by atoms with E-state index < -0.39 is 49.0 Å². The topological polar surface area (TPSA) is 83.1 Å². The summed E-state index contributed by atoms with van der Waals surface area (Å²) in [7, 11) is 0. The van der Waals surface area contributed by atoms with E-state index in [9.17, 15) is 0 Å². The van der Waals surface area contributed by atoms with E-state index in [4.69, 9.17) is 42.6 Å². The summed E-state index contributed by atoms with van der Waals surface area (Å²) in [4.78, 5) is 0. The molecule has 2 saturated heterocycles. The van der Waals surface area contributed by atoms with Gasteiger partial charge in [-0.05, 0) is 39.1 Å². The molecule has 0 bridgehead atoms. The van der Waals surface area contributed by atoms with Crippen molar-refractivity contribution in [3.8, 4) is 0 Å². The minimum absolute atomic E-state index is 0.0617. The van der Waals surface area contributed by atoms with E-state index in [0.717, 1.165) is 39.1 Å². The van der Waals surface area contributed by atoms with Crippen LogP contribution in [0.15, 0.2) is 182 Å². The van der Waals surface area contributed by atoms with Crippen LogP contribution in [-0.2, 0) is 82.3 Å². The summed E-state index contributed by atoms with van der Waals surface area (Å²) in [6.45, 7) is 6.93. The fourth-order valence-corrected chi connectivity index (χ4v) is 9.59. The van der Waals surface area contributed by atoms with Crippen LogP contribution < -0.4 is 0 Å². The van der Waals surface area contributed by atoms with Crippen molar-refractivity contribution in [1.29, 1.82) is 0 Å². The first kappa shape index (κ1) is 48.8. The smallest absolute Gasteiger partial charge is 0.187 e. The van der Waals surface area contributed by atoms with Gasteiger partial charge in [0.15, 0.2) is 6.29 Å². The van der Waals surface area contributed by atoms with Crippen molar-refractivity contribution in [2.24, 2.45) is 5.92 Å². The second kappa shape index (κ2) is 26.2. The monoisotopic (exact) mass is 924 g/mol. The van der Waals surface area contributed by atoms with Crippen molar-refractivity contribution in [3.63, 3.8) is 0 Å². The van der Waals surface area contributed by atoms with Gasteiger partial charge in [0.2, 0.25) is 0 Å². The lowest BCUT2D eigenvalue weighted by Gasteiger charge is -2.50. The third kappa shape index (κ3) is 14.4. The maximum Gasteiger partial charge on any atom is 0.187 e. The second-order valence-electron chi connectivity index (χ2n) is 17.0. The normalized spacial score (nSPS) is 25.2. The van der Waals surface area contributed by atoms with Crippen LogP contribution >= 0.6 is 11.8 Å². The molecule has 6 aromatic rings. The van der Waals surface area contributed by atoms with Crippen molar-refractivity contribution in [2.45, 2.75) is 108 Å². The molecule has 2 aliphatic heterocycles. The van der Waals surface area contributed by atoms with Crippen LogP contribution in [0.1, 0.15) is 47.2 Å². The van der Waals surface area contributed by atoms with E-state index in [2.05, 4.69) is 86.6 Å². The summed E-state index contributed by atoms with van der Waals surface area (Å²) in [6, 6.07) is 61.0. The average Bonchev–Trinajstić information content (AvgIpc) is 3.38. The third-order valence-electron chi connectivity index (χ3n) is 12.1. The second-order valence-corrected chi connectivity index (χ2v) is 18.4. The lowest BCUT2D eigenvalue weighted by atomic mass is 9.92. The van der Waals surface area contributed by atoms with Gasteiger partial charge in [0.25, 0.3) is 0 Å². The molecule has 9 nitrogen and oxygen atoms in total. The van der Waals surface area contributed by atoms with Crippen LogP contribution in [0.2, 0.25) is 0 Å². The first-order valence-corrected chi connectivity index (χ1v) is 24.6. The number of ether oxygens (including phenoxy) is 9. The van der Waals surface area contributed by atoms with E-state index in [-0.39, 0.29) is 31.2 Å². The molecule has 2 aliphatic rings. The Labute approximate surface area is 401 Å². The Morgan fingerprint density at radius 2 is 0.731 bits per heavy atom. The van der Waals surface area contributed by atoms with Gasteiger partial charge < -0.3 is 42.6 Å². The molecule has 67 heavy (non-hydrogen) atoms. The summed E-state index contributed by atoms with van der Waals surface area (Å²) in [5.41, 5.74) is 6.08. The molecule has 10 atom stereocenters. The maximum atomic E-state index is 7.46. The zero-order valence-electron chi connectivity index (χ0n) is 38.5. The lowest BCUT2D eigenvalue weighted by Crippen LogP contribution is -2.64. The van der Waals surface area contributed by atoms with Crippen LogP contribution in [0.4, 0.5) is 0 Å². The molecular weight excluding hydrogens is 861 g/mol. The molecule has 0 saturated carbocycles. The Bertz CT molecular complexity index is 2240. The number of rotatable bonds is 24. The van der Waals surface area contributed by atoms with Gasteiger partial charge in [-0.1, -0.05) is 196 Å². The molecule has 4 unspecified atom stereocenters. The highest BCUT2D eigenvalue weighted by atomic mass is 32.2. The summed E-state index contributed by atoms with van der Waals surface area (Å²) >= 11 is 1.77. The predicted octanol–water partition coefficient (Wildman–Crippen LogP) is 11.0. The van der Waals surface area contributed by atoms with E-state index in [0.29, 0.717) is 33.0 Å². The minimum Gasteiger partial charge on any atom is -0.374 e. The molecule has 2 heterocycles. The molecule has 0 radical (unpaired) electrons. The van der Waals surface area contributed by atoms with Gasteiger partial charge in [0.05, 0.1) is 59.0 Å². The van der Waals surface area contributed by atoms with Crippen LogP contribution in [-0.4, -0.2) is 73.4 Å². The van der Waals surface area contributed by atoms with Crippen LogP contribution in [0.3, 0.4) is 0 Å². The Balaban J connectivity index is 1.16. The molecule has 8 rings (SSSR count). The average molecular weight is 925 g/mol. The minimum atomic E-state index is -0.970. The van der Waals surface area contributed by atoms with Gasteiger partial charge in [-0.2, -0.15) is 0 Å². The van der Waals surface area contributed by atoms with Crippen molar-refractivity contribution in [2.75, 3.05) is 19.0 Å². The summed E-state index contributed by atoms with van der Waals surface area (Å²) in [6.07, 6.45) is -5.23. The zero-order chi connectivity index (χ0) is 45.9. The fourth-order valence-electron chi connectivity index (χ4n) is 8.59. The van der Waals surface area contributed by atoms with Gasteiger partial charge in [-0.15, -0.1) is 11.8 Å². The molecule has 352 valence electrons. The lowest BCUT2D eigenvalue weighted by molar-refractivity contribution is -0.356. The van der Waals surface area contributed by atoms with Gasteiger partial charge in [0, 0.05) is 5.92 Å². The number of hydrogen-bond acceptors (Lipinski definition) is 10. The van der Waals surface area contributed by atoms with Crippen LogP contribution in [0.25, 0.3) is 0 Å². The Hall–Kier alpha value is -4.69. The molecule has 0 spiro atoms. The Morgan fingerprint density at radius 3 is 1.13 bits per heavy atom. The van der Waals surface area contributed by atoms with E-state index in [1.807, 2.05) is 109 Å². The van der Waals surface area contributed by atoms with E-state index in [1.54, 1.807) is 11.8 Å². The highest BCUT2D eigenvalue weighted by molar-refractivity contribution is 7.99. The van der Waals surface area contributed by atoms with Gasteiger partial charge >= 0.3 is 0 Å². The largest absolute Gasteiger partial charge is 0.374 e. The van der Waals surface area contributed by atoms with Gasteiger partial charge in [-0.3, -0.25) is 0 Å². The van der Waals surface area contributed by atoms with Crippen molar-refractivity contribution >= 4 is 11.8 Å². The Morgan fingerprint density at radius 1 is 0.388 bits per heavy atom. The summed E-state index contributed by atoms with van der Waals surface area (Å²) < 4.78 is 62.8. The quantitative estimate of drug-likeness (QED) is 0.0585. The first-order valence-electron chi connectivity index (χ1n) is 23.5. The summed E-state index contributed by atoms with van der Waals surface area (Å²) in [5, 5.41) is 0. The molecular formula is C57H64O9S. The van der Waals surface area contributed by atoms with Gasteiger partial charge in [0.1, 0.15) is 42.1 Å². The van der Waals surface area contributed by atoms with E-state index >= 15 is 0 Å². The highest BCUT2D eigenvalue weighted by Gasteiger charge is 2.53. The van der Waals surface area contributed by atoms with Crippen molar-refractivity contribution in [3.05, 3.63) is 215 Å². The summed E-state index contributed by atoms with van der Waals surface area (Å²) in [5.74, 6) is 0.813. The standard InChI is InChI=1S/C57H64O9S/c1-3-67-57-42(2)51(60-36-45-26-14-6-15-27-45)53(50(65-57)41-59-35-44-24-12-5-13-25-44)66-56-55(63-39-48-32-20-9-21-33-48)54(62-38-47-30-18-8-19-31-47)52(61-37-46-28-16-7-17-29-46)49(64-56)40-58-34-43-22-10-4-11-23-43/h4-33,42,49-57H,3,34-41H2,1-2H3/t42?,49?,50-,51?,52+,53-,54+,55?,56+,57-/m1/s1.